The molecule has 4 nitrogen and oxygen atoms in total. The third kappa shape index (κ3) is 3.70. The summed E-state index contributed by atoms with van der Waals surface area (Å²) in [5.41, 5.74) is 1.04. The number of hydrogen-bond donors (Lipinski definition) is 1. The highest BCUT2D eigenvalue weighted by Crippen LogP contribution is 2.26. The van der Waals surface area contributed by atoms with Crippen LogP contribution in [-0.4, -0.2) is 34.4 Å². The van der Waals surface area contributed by atoms with Gasteiger partial charge in [0.2, 0.25) is 0 Å². The van der Waals surface area contributed by atoms with Gasteiger partial charge in [-0.15, -0.1) is 0 Å². The molecule has 1 N–H and O–H groups in total. The van der Waals surface area contributed by atoms with Gasteiger partial charge in [0, 0.05) is 12.3 Å². The van der Waals surface area contributed by atoms with E-state index in [4.69, 9.17) is 4.74 Å². The minimum Gasteiger partial charge on any atom is -0.495 e. The van der Waals surface area contributed by atoms with Crippen molar-refractivity contribution < 1.29 is 13.2 Å². The third-order valence-electron chi connectivity index (χ3n) is 3.52. The lowest BCUT2D eigenvalue weighted by Crippen LogP contribution is -2.35. The first-order chi connectivity index (χ1) is 9.00. The molecule has 0 spiro atoms. The molecule has 1 atom stereocenters. The van der Waals surface area contributed by atoms with Crippen LogP contribution in [0.15, 0.2) is 23.1 Å². The molecule has 5 heteroatoms. The number of nitrogens with one attached hydrogen (secondary N) is 1. The predicted octanol–water partition coefficient (Wildman–Crippen LogP) is 1.78. The topological polar surface area (TPSA) is 55.4 Å². The van der Waals surface area contributed by atoms with Crippen molar-refractivity contribution in [1.82, 2.24) is 5.32 Å². The maximum atomic E-state index is 11.8. The largest absolute Gasteiger partial charge is 0.495 e. The summed E-state index contributed by atoms with van der Waals surface area (Å²) in [6, 6.07) is 5.89. The molecule has 1 saturated heterocycles. The summed E-state index contributed by atoms with van der Waals surface area (Å²) in [4.78, 5) is 0.281. The van der Waals surface area contributed by atoms with Crippen LogP contribution in [0.4, 0.5) is 0 Å². The van der Waals surface area contributed by atoms with Gasteiger partial charge in [-0.05, 0) is 43.5 Å². The number of methoxy groups -OCH3 is 1. The van der Waals surface area contributed by atoms with Gasteiger partial charge in [-0.2, -0.15) is 0 Å². The number of piperidine rings is 1. The number of benzene rings is 1. The Balaban J connectivity index is 2.22. The molecule has 1 heterocycles. The molecule has 2 rings (SSSR count). The first-order valence-electron chi connectivity index (χ1n) is 6.61. The smallest absolute Gasteiger partial charge is 0.179 e. The molecule has 1 aliphatic heterocycles. The van der Waals surface area contributed by atoms with Crippen LogP contribution in [0.25, 0.3) is 0 Å². The fourth-order valence-electron chi connectivity index (χ4n) is 2.52. The van der Waals surface area contributed by atoms with E-state index in [9.17, 15) is 8.42 Å². The number of sulfone groups is 1. The minimum absolute atomic E-state index is 0.281. The second kappa shape index (κ2) is 5.92. The summed E-state index contributed by atoms with van der Waals surface area (Å²) in [5.74, 6) is 0.419. The molecule has 0 aliphatic carbocycles. The van der Waals surface area contributed by atoms with E-state index in [0.717, 1.165) is 24.9 Å². The second-order valence-electron chi connectivity index (χ2n) is 5.11. The highest BCUT2D eigenvalue weighted by molar-refractivity contribution is 7.90. The molecular formula is C14H21NO3S. The van der Waals surface area contributed by atoms with Crippen molar-refractivity contribution in [3.63, 3.8) is 0 Å². The Bertz CT molecular complexity index is 534. The van der Waals surface area contributed by atoms with Crippen LogP contribution in [0.2, 0.25) is 0 Å². The van der Waals surface area contributed by atoms with Crippen LogP contribution >= 0.6 is 0 Å². The molecule has 19 heavy (non-hydrogen) atoms. The van der Waals surface area contributed by atoms with Gasteiger partial charge in [0.15, 0.2) is 9.84 Å². The lowest BCUT2D eigenvalue weighted by atomic mass is 9.98. The SMILES string of the molecule is COc1ccc(CC2CCCCN2)cc1S(C)(=O)=O. The summed E-state index contributed by atoms with van der Waals surface area (Å²) in [6.07, 6.45) is 5.71. The van der Waals surface area contributed by atoms with Crippen molar-refractivity contribution >= 4 is 9.84 Å². The monoisotopic (exact) mass is 283 g/mol. The van der Waals surface area contributed by atoms with Crippen LogP contribution in [0.5, 0.6) is 5.75 Å². The second-order valence-corrected chi connectivity index (χ2v) is 7.09. The molecule has 0 bridgehead atoms. The molecule has 1 aliphatic rings. The Hall–Kier alpha value is -1.07. The van der Waals surface area contributed by atoms with Gasteiger partial charge in [0.25, 0.3) is 0 Å². The Morgan fingerprint density at radius 2 is 2.16 bits per heavy atom. The summed E-state index contributed by atoms with van der Waals surface area (Å²) in [5, 5.41) is 3.47. The first-order valence-corrected chi connectivity index (χ1v) is 8.50. The fourth-order valence-corrected chi connectivity index (χ4v) is 3.40. The Kier molecular flexibility index (Phi) is 4.47. The van der Waals surface area contributed by atoms with Crippen molar-refractivity contribution in [2.24, 2.45) is 0 Å². The first kappa shape index (κ1) is 14.3. The number of rotatable bonds is 4. The van der Waals surface area contributed by atoms with Crippen LogP contribution in [0.1, 0.15) is 24.8 Å². The molecule has 0 saturated carbocycles. The summed E-state index contributed by atoms with van der Waals surface area (Å²) in [6.45, 7) is 1.06. The van der Waals surface area contributed by atoms with E-state index in [1.165, 1.54) is 26.2 Å². The van der Waals surface area contributed by atoms with Crippen molar-refractivity contribution in [1.29, 1.82) is 0 Å². The van der Waals surface area contributed by atoms with Crippen LogP contribution in [-0.2, 0) is 16.3 Å². The number of hydrogen-bond acceptors (Lipinski definition) is 4. The van der Waals surface area contributed by atoms with Gasteiger partial charge in [0.1, 0.15) is 10.6 Å². The molecule has 1 fully saturated rings. The highest BCUT2D eigenvalue weighted by Gasteiger charge is 2.17. The minimum atomic E-state index is -3.25. The Morgan fingerprint density at radius 3 is 2.74 bits per heavy atom. The summed E-state index contributed by atoms with van der Waals surface area (Å²) >= 11 is 0. The van der Waals surface area contributed by atoms with E-state index >= 15 is 0 Å². The standard InChI is InChI=1S/C14H21NO3S/c1-18-13-7-6-11(10-14(13)19(2,16)17)9-12-5-3-4-8-15-12/h6-7,10,12,15H,3-5,8-9H2,1-2H3. The molecule has 0 radical (unpaired) electrons. The van der Waals surface area contributed by atoms with Crippen LogP contribution in [0, 0.1) is 0 Å². The van der Waals surface area contributed by atoms with Gasteiger partial charge in [0.05, 0.1) is 7.11 Å². The van der Waals surface area contributed by atoms with E-state index in [-0.39, 0.29) is 4.90 Å². The van der Waals surface area contributed by atoms with Gasteiger partial charge in [-0.25, -0.2) is 8.42 Å². The molecule has 0 amide bonds. The lowest BCUT2D eigenvalue weighted by molar-refractivity contribution is 0.395. The average Bonchev–Trinajstić information content (AvgIpc) is 2.39. The maximum absolute atomic E-state index is 11.8. The Morgan fingerprint density at radius 1 is 1.37 bits per heavy atom. The molecule has 106 valence electrons. The van der Waals surface area contributed by atoms with Crippen molar-refractivity contribution in [2.75, 3.05) is 19.9 Å². The molecule has 1 aromatic rings. The lowest BCUT2D eigenvalue weighted by Gasteiger charge is -2.23. The third-order valence-corrected chi connectivity index (χ3v) is 4.64. The van der Waals surface area contributed by atoms with Crippen molar-refractivity contribution in [3.8, 4) is 5.75 Å². The van der Waals surface area contributed by atoms with Crippen LogP contribution < -0.4 is 10.1 Å². The van der Waals surface area contributed by atoms with E-state index in [0.29, 0.717) is 11.8 Å². The zero-order valence-corrected chi connectivity index (χ0v) is 12.3. The van der Waals surface area contributed by atoms with E-state index in [1.54, 1.807) is 12.1 Å². The van der Waals surface area contributed by atoms with Crippen LogP contribution in [0.3, 0.4) is 0 Å². The quantitative estimate of drug-likeness (QED) is 0.915. The normalized spacial score (nSPS) is 20.2. The molecule has 1 unspecified atom stereocenters. The van der Waals surface area contributed by atoms with Gasteiger partial charge < -0.3 is 10.1 Å². The predicted molar refractivity (Wildman–Crippen MR) is 75.4 cm³/mol. The summed E-state index contributed by atoms with van der Waals surface area (Å²) < 4.78 is 28.6. The molecular weight excluding hydrogens is 262 g/mol. The average molecular weight is 283 g/mol. The highest BCUT2D eigenvalue weighted by atomic mass is 32.2. The van der Waals surface area contributed by atoms with Gasteiger partial charge in [-0.1, -0.05) is 12.5 Å². The molecule has 1 aromatic carbocycles. The zero-order chi connectivity index (χ0) is 13.9. The van der Waals surface area contributed by atoms with E-state index in [2.05, 4.69) is 5.32 Å². The van der Waals surface area contributed by atoms with Crippen molar-refractivity contribution in [3.05, 3.63) is 23.8 Å². The number of ether oxygens (including phenoxy) is 1. The summed E-state index contributed by atoms with van der Waals surface area (Å²) in [7, 11) is -1.76. The van der Waals surface area contributed by atoms with Gasteiger partial charge in [-0.3, -0.25) is 0 Å². The van der Waals surface area contributed by atoms with Gasteiger partial charge >= 0.3 is 0 Å². The van der Waals surface area contributed by atoms with Crippen molar-refractivity contribution in [2.45, 2.75) is 36.6 Å². The van der Waals surface area contributed by atoms with E-state index in [1.807, 2.05) is 6.07 Å². The van der Waals surface area contributed by atoms with E-state index < -0.39 is 9.84 Å². The Labute approximate surface area is 115 Å². The molecule has 0 aromatic heterocycles. The zero-order valence-electron chi connectivity index (χ0n) is 11.5. The maximum Gasteiger partial charge on any atom is 0.179 e. The fraction of sp³-hybridized carbons (Fsp3) is 0.571.